The molecule has 0 aliphatic rings. The van der Waals surface area contributed by atoms with Crippen molar-refractivity contribution in [1.82, 2.24) is 4.57 Å². The van der Waals surface area contributed by atoms with Gasteiger partial charge in [-0.25, -0.2) is 4.39 Å². The average molecular weight is 513 g/mol. The minimum Gasteiger partial charge on any atom is -0.321 e. The van der Waals surface area contributed by atoms with E-state index in [1.807, 2.05) is 54.8 Å². The molecule has 37 heavy (non-hydrogen) atoms. The summed E-state index contributed by atoms with van der Waals surface area (Å²) in [4.78, 5) is 24.9. The molecule has 1 heterocycles. The van der Waals surface area contributed by atoms with Gasteiger partial charge in [0.1, 0.15) is 17.5 Å². The zero-order valence-electron chi connectivity index (χ0n) is 19.9. The molecule has 9 heteroatoms. The molecule has 0 radical (unpaired) electrons. The Morgan fingerprint density at radius 3 is 2.19 bits per heavy atom. The minimum atomic E-state index is -0.577. The standard InChI is InChI=1S/C28H21FN4O3S/c1-18-15-20(16-21(17-30)28(34)31-23-5-3-22(29)4-6-23)19(2)32(18)24-7-11-26(12-8-24)37-27-13-9-25(10-14-27)33(35)36/h3-16H,1-2H3,(H,31,34). The number of benzene rings is 3. The molecule has 1 amide bonds. The van der Waals surface area contributed by atoms with E-state index in [2.05, 4.69) is 5.32 Å². The van der Waals surface area contributed by atoms with Crippen molar-refractivity contribution in [2.24, 2.45) is 0 Å². The highest BCUT2D eigenvalue weighted by Crippen LogP contribution is 2.31. The number of aromatic nitrogens is 1. The molecule has 0 saturated carbocycles. The number of non-ortho nitro benzene ring substituents is 1. The Kier molecular flexibility index (Phi) is 7.51. The number of nitrogens with one attached hydrogen (secondary N) is 1. The Balaban J connectivity index is 1.53. The molecule has 3 aromatic carbocycles. The van der Waals surface area contributed by atoms with Gasteiger partial charge in [0.2, 0.25) is 0 Å². The van der Waals surface area contributed by atoms with E-state index < -0.39 is 16.6 Å². The van der Waals surface area contributed by atoms with E-state index in [9.17, 15) is 24.6 Å². The molecule has 0 saturated heterocycles. The number of nitriles is 1. The number of carbonyl (C=O) groups is 1. The van der Waals surface area contributed by atoms with Gasteiger partial charge in [0.05, 0.1) is 4.92 Å². The highest BCUT2D eigenvalue weighted by atomic mass is 32.2. The van der Waals surface area contributed by atoms with Crippen LogP contribution >= 0.6 is 11.8 Å². The third kappa shape index (κ3) is 5.94. The van der Waals surface area contributed by atoms with Crippen LogP contribution in [0.2, 0.25) is 0 Å². The van der Waals surface area contributed by atoms with Crippen LogP contribution in [-0.2, 0) is 4.79 Å². The van der Waals surface area contributed by atoms with Crippen LogP contribution in [0.5, 0.6) is 0 Å². The van der Waals surface area contributed by atoms with Gasteiger partial charge < -0.3 is 9.88 Å². The second kappa shape index (κ2) is 10.9. The van der Waals surface area contributed by atoms with Crippen molar-refractivity contribution in [3.05, 3.63) is 117 Å². The number of nitro groups is 1. The second-order valence-corrected chi connectivity index (χ2v) is 9.29. The maximum atomic E-state index is 13.1. The van der Waals surface area contributed by atoms with Crippen LogP contribution in [0.3, 0.4) is 0 Å². The lowest BCUT2D eigenvalue weighted by molar-refractivity contribution is -0.384. The molecule has 184 valence electrons. The van der Waals surface area contributed by atoms with Crippen LogP contribution in [0.1, 0.15) is 17.0 Å². The van der Waals surface area contributed by atoms with E-state index in [1.165, 1.54) is 54.2 Å². The van der Waals surface area contributed by atoms with Crippen LogP contribution in [0.4, 0.5) is 15.8 Å². The summed E-state index contributed by atoms with van der Waals surface area (Å²) < 4.78 is 15.1. The van der Waals surface area contributed by atoms with Crippen LogP contribution in [0.15, 0.2) is 94.2 Å². The lowest BCUT2D eigenvalue weighted by atomic mass is 10.1. The lowest BCUT2D eigenvalue weighted by Gasteiger charge is -2.11. The Bertz CT molecular complexity index is 1530. The topological polar surface area (TPSA) is 101 Å². The van der Waals surface area contributed by atoms with Gasteiger partial charge in [-0.2, -0.15) is 5.26 Å². The fraction of sp³-hybridized carbons (Fsp3) is 0.0714. The second-order valence-electron chi connectivity index (χ2n) is 8.14. The predicted molar refractivity (Wildman–Crippen MR) is 141 cm³/mol. The van der Waals surface area contributed by atoms with Crippen LogP contribution in [-0.4, -0.2) is 15.4 Å². The maximum absolute atomic E-state index is 13.1. The van der Waals surface area contributed by atoms with Crippen molar-refractivity contribution in [3.63, 3.8) is 0 Å². The average Bonchev–Trinajstić information content (AvgIpc) is 3.17. The van der Waals surface area contributed by atoms with Gasteiger partial charge >= 0.3 is 0 Å². The van der Waals surface area contributed by atoms with Crippen LogP contribution in [0, 0.1) is 41.1 Å². The zero-order valence-corrected chi connectivity index (χ0v) is 20.8. The van der Waals surface area contributed by atoms with Crippen molar-refractivity contribution < 1.29 is 14.1 Å². The third-order valence-electron chi connectivity index (χ3n) is 5.62. The summed E-state index contributed by atoms with van der Waals surface area (Å²) in [5, 5.41) is 23.0. The van der Waals surface area contributed by atoms with Gasteiger partial charge in [-0.15, -0.1) is 0 Å². The van der Waals surface area contributed by atoms with E-state index >= 15 is 0 Å². The first-order chi connectivity index (χ1) is 17.7. The molecule has 0 aliphatic carbocycles. The van der Waals surface area contributed by atoms with Gasteiger partial charge in [0.25, 0.3) is 11.6 Å². The van der Waals surface area contributed by atoms with Crippen molar-refractivity contribution in [3.8, 4) is 11.8 Å². The molecular formula is C28H21FN4O3S. The Morgan fingerprint density at radius 2 is 1.62 bits per heavy atom. The summed E-state index contributed by atoms with van der Waals surface area (Å²) in [6.07, 6.45) is 1.54. The molecule has 0 fully saturated rings. The highest BCUT2D eigenvalue weighted by Gasteiger charge is 2.14. The van der Waals surface area contributed by atoms with Crippen LogP contribution in [0.25, 0.3) is 11.8 Å². The van der Waals surface area contributed by atoms with E-state index in [4.69, 9.17) is 0 Å². The number of carbonyl (C=O) groups excluding carboxylic acids is 1. The van der Waals surface area contributed by atoms with Crippen molar-refractivity contribution in [2.45, 2.75) is 23.6 Å². The van der Waals surface area contributed by atoms with Gasteiger partial charge in [0.15, 0.2) is 0 Å². The number of nitrogens with zero attached hydrogens (tertiary/aromatic N) is 3. The lowest BCUT2D eigenvalue weighted by Crippen LogP contribution is -2.13. The Morgan fingerprint density at radius 1 is 1.03 bits per heavy atom. The fourth-order valence-corrected chi connectivity index (χ4v) is 4.62. The number of rotatable bonds is 7. The number of aryl methyl sites for hydroxylation is 1. The van der Waals surface area contributed by atoms with E-state index in [0.29, 0.717) is 5.69 Å². The summed E-state index contributed by atoms with van der Waals surface area (Å²) in [6.45, 7) is 3.85. The number of amides is 1. The molecule has 4 rings (SSSR count). The Labute approximate surface area is 217 Å². The smallest absolute Gasteiger partial charge is 0.269 e. The van der Waals surface area contributed by atoms with E-state index in [1.54, 1.807) is 12.1 Å². The first kappa shape index (κ1) is 25.4. The number of halogens is 1. The van der Waals surface area contributed by atoms with Gasteiger partial charge in [0, 0.05) is 44.7 Å². The fourth-order valence-electron chi connectivity index (χ4n) is 3.80. The predicted octanol–water partition coefficient (Wildman–Crippen LogP) is 6.84. The van der Waals surface area contributed by atoms with Gasteiger partial charge in [-0.05, 0) is 92.2 Å². The summed E-state index contributed by atoms with van der Waals surface area (Å²) in [7, 11) is 0. The van der Waals surface area contributed by atoms with Crippen molar-refractivity contribution >= 4 is 35.1 Å². The highest BCUT2D eigenvalue weighted by molar-refractivity contribution is 7.99. The molecule has 7 nitrogen and oxygen atoms in total. The zero-order chi connectivity index (χ0) is 26.5. The largest absolute Gasteiger partial charge is 0.321 e. The molecule has 0 aliphatic heterocycles. The Hall–Kier alpha value is -4.68. The van der Waals surface area contributed by atoms with E-state index in [-0.39, 0.29) is 11.3 Å². The molecular weight excluding hydrogens is 491 g/mol. The number of anilines is 1. The molecule has 0 bridgehead atoms. The van der Waals surface area contributed by atoms with Gasteiger partial charge in [-0.1, -0.05) is 11.8 Å². The first-order valence-corrected chi connectivity index (χ1v) is 12.0. The molecule has 4 aromatic rings. The number of nitro benzene ring substituents is 1. The van der Waals surface area contributed by atoms with Crippen LogP contribution < -0.4 is 5.32 Å². The molecule has 1 aromatic heterocycles. The summed E-state index contributed by atoms with van der Waals surface area (Å²) in [6, 6.07) is 23.4. The SMILES string of the molecule is Cc1cc(C=C(C#N)C(=O)Nc2ccc(F)cc2)c(C)n1-c1ccc(Sc2ccc([N+](=O)[O-])cc2)cc1. The number of hydrogen-bond donors (Lipinski definition) is 1. The maximum Gasteiger partial charge on any atom is 0.269 e. The normalized spacial score (nSPS) is 11.1. The molecule has 1 N–H and O–H groups in total. The van der Waals surface area contributed by atoms with Gasteiger partial charge in [-0.3, -0.25) is 14.9 Å². The number of hydrogen-bond acceptors (Lipinski definition) is 5. The summed E-state index contributed by atoms with van der Waals surface area (Å²) >= 11 is 1.50. The molecule has 0 unspecified atom stereocenters. The molecule has 0 spiro atoms. The van der Waals surface area contributed by atoms with Crippen molar-refractivity contribution in [2.75, 3.05) is 5.32 Å². The molecule has 0 atom stereocenters. The summed E-state index contributed by atoms with van der Waals surface area (Å²) in [5.41, 5.74) is 3.80. The quantitative estimate of drug-likeness (QED) is 0.126. The third-order valence-corrected chi connectivity index (χ3v) is 6.63. The first-order valence-electron chi connectivity index (χ1n) is 11.2. The van der Waals surface area contributed by atoms with Crippen molar-refractivity contribution in [1.29, 1.82) is 5.26 Å². The summed E-state index contributed by atoms with van der Waals surface area (Å²) in [5.74, 6) is -0.994. The monoisotopic (exact) mass is 512 g/mol. The van der Waals surface area contributed by atoms with E-state index in [0.717, 1.165) is 32.4 Å². The minimum absolute atomic E-state index is 0.0515.